The summed E-state index contributed by atoms with van der Waals surface area (Å²) in [6, 6.07) is 15.6. The molecule has 122 valence electrons. The first kappa shape index (κ1) is 16.9. The van der Waals surface area contributed by atoms with Crippen LogP contribution in [0.15, 0.2) is 53.5 Å². The summed E-state index contributed by atoms with van der Waals surface area (Å²) < 4.78 is 11.4. The normalized spacial score (nSPS) is 11.4. The van der Waals surface area contributed by atoms with Crippen molar-refractivity contribution >= 4 is 17.2 Å². The highest BCUT2D eigenvalue weighted by atomic mass is 16.5. The standard InChI is InChI=1S/C19H24N2O2/c1-5-22-18-12-8-6-10-16(18)20-15(4)21-17-11-7-9-13-19(17)23-14(2)3/h6-14H,5H2,1-4H3,(H,20,21). The molecule has 0 aliphatic rings. The average Bonchev–Trinajstić information content (AvgIpc) is 2.51. The second-order valence-corrected chi connectivity index (χ2v) is 5.39. The molecule has 0 fully saturated rings. The second kappa shape index (κ2) is 8.22. The predicted molar refractivity (Wildman–Crippen MR) is 96.2 cm³/mol. The molecule has 1 N–H and O–H groups in total. The summed E-state index contributed by atoms with van der Waals surface area (Å²) in [6.45, 7) is 8.53. The molecular weight excluding hydrogens is 288 g/mol. The van der Waals surface area contributed by atoms with Gasteiger partial charge in [0.15, 0.2) is 0 Å². The van der Waals surface area contributed by atoms with Crippen molar-refractivity contribution in [3.05, 3.63) is 48.5 Å². The van der Waals surface area contributed by atoms with Crippen molar-refractivity contribution in [1.82, 2.24) is 0 Å². The molecule has 0 saturated heterocycles. The molecule has 2 rings (SSSR count). The molecule has 0 aliphatic heterocycles. The van der Waals surface area contributed by atoms with E-state index in [1.165, 1.54) is 0 Å². The van der Waals surface area contributed by atoms with E-state index < -0.39 is 0 Å². The first-order valence-corrected chi connectivity index (χ1v) is 7.90. The summed E-state index contributed by atoms with van der Waals surface area (Å²) in [5.74, 6) is 2.37. The zero-order chi connectivity index (χ0) is 16.7. The zero-order valence-corrected chi connectivity index (χ0v) is 14.2. The number of rotatable bonds is 6. The van der Waals surface area contributed by atoms with Crippen LogP contribution < -0.4 is 14.8 Å². The number of benzene rings is 2. The lowest BCUT2D eigenvalue weighted by molar-refractivity contribution is 0.243. The lowest BCUT2D eigenvalue weighted by Gasteiger charge is -2.14. The Hall–Kier alpha value is -2.49. The largest absolute Gasteiger partial charge is 0.492 e. The van der Waals surface area contributed by atoms with E-state index in [4.69, 9.17) is 9.47 Å². The highest BCUT2D eigenvalue weighted by Crippen LogP contribution is 2.29. The minimum absolute atomic E-state index is 0.110. The average molecular weight is 312 g/mol. The third-order valence-corrected chi connectivity index (χ3v) is 3.02. The van der Waals surface area contributed by atoms with Crippen molar-refractivity contribution in [2.75, 3.05) is 11.9 Å². The van der Waals surface area contributed by atoms with Crippen LogP contribution >= 0.6 is 0 Å². The van der Waals surface area contributed by atoms with Crippen LogP contribution in [0.2, 0.25) is 0 Å². The fourth-order valence-corrected chi connectivity index (χ4v) is 2.16. The summed E-state index contributed by atoms with van der Waals surface area (Å²) >= 11 is 0. The van der Waals surface area contributed by atoms with Crippen LogP contribution in [0, 0.1) is 0 Å². The molecule has 0 radical (unpaired) electrons. The monoisotopic (exact) mass is 312 g/mol. The number of para-hydroxylation sites is 4. The van der Waals surface area contributed by atoms with Crippen molar-refractivity contribution < 1.29 is 9.47 Å². The lowest BCUT2D eigenvalue weighted by Crippen LogP contribution is -2.09. The molecule has 0 heterocycles. The van der Waals surface area contributed by atoms with Crippen LogP contribution in [0.3, 0.4) is 0 Å². The van der Waals surface area contributed by atoms with E-state index in [2.05, 4.69) is 10.3 Å². The maximum atomic E-state index is 5.80. The van der Waals surface area contributed by atoms with Gasteiger partial charge in [-0.15, -0.1) is 0 Å². The van der Waals surface area contributed by atoms with E-state index in [9.17, 15) is 0 Å². The molecule has 0 unspecified atom stereocenters. The Morgan fingerprint density at radius 1 is 1.04 bits per heavy atom. The van der Waals surface area contributed by atoms with Gasteiger partial charge in [0.25, 0.3) is 0 Å². The molecular formula is C19H24N2O2. The van der Waals surface area contributed by atoms with E-state index in [1.807, 2.05) is 76.2 Å². The van der Waals surface area contributed by atoms with Crippen molar-refractivity contribution in [2.24, 2.45) is 4.99 Å². The lowest BCUT2D eigenvalue weighted by atomic mass is 10.3. The van der Waals surface area contributed by atoms with Gasteiger partial charge in [0.05, 0.1) is 18.4 Å². The molecule has 0 aromatic heterocycles. The molecule has 0 atom stereocenters. The van der Waals surface area contributed by atoms with Crippen LogP contribution in [-0.4, -0.2) is 18.5 Å². The number of hydrogen-bond donors (Lipinski definition) is 1. The van der Waals surface area contributed by atoms with E-state index in [0.29, 0.717) is 6.61 Å². The second-order valence-electron chi connectivity index (χ2n) is 5.39. The van der Waals surface area contributed by atoms with Gasteiger partial charge in [0, 0.05) is 0 Å². The number of nitrogens with one attached hydrogen (secondary N) is 1. The molecule has 0 saturated carbocycles. The van der Waals surface area contributed by atoms with Crippen LogP contribution in [0.4, 0.5) is 11.4 Å². The van der Waals surface area contributed by atoms with Gasteiger partial charge in [-0.2, -0.15) is 0 Å². The minimum Gasteiger partial charge on any atom is -0.492 e. The highest BCUT2D eigenvalue weighted by Gasteiger charge is 2.06. The van der Waals surface area contributed by atoms with Crippen molar-refractivity contribution in [3.8, 4) is 11.5 Å². The van der Waals surface area contributed by atoms with Gasteiger partial charge in [-0.05, 0) is 52.0 Å². The Morgan fingerprint density at radius 3 is 2.39 bits per heavy atom. The number of nitrogens with zero attached hydrogens (tertiary/aromatic N) is 1. The molecule has 0 bridgehead atoms. The van der Waals surface area contributed by atoms with E-state index in [-0.39, 0.29) is 6.10 Å². The fraction of sp³-hybridized carbons (Fsp3) is 0.316. The van der Waals surface area contributed by atoms with Crippen molar-refractivity contribution in [2.45, 2.75) is 33.8 Å². The maximum absolute atomic E-state index is 5.80. The number of amidine groups is 1. The quantitative estimate of drug-likeness (QED) is 0.600. The molecule has 0 aliphatic carbocycles. The molecule has 23 heavy (non-hydrogen) atoms. The van der Waals surface area contributed by atoms with Gasteiger partial charge in [0.1, 0.15) is 23.0 Å². The maximum Gasteiger partial charge on any atom is 0.145 e. The Labute approximate surface area is 138 Å². The van der Waals surface area contributed by atoms with Crippen molar-refractivity contribution in [1.29, 1.82) is 0 Å². The third kappa shape index (κ3) is 5.02. The number of ether oxygens (including phenoxy) is 2. The molecule has 0 amide bonds. The Kier molecular flexibility index (Phi) is 6.03. The van der Waals surface area contributed by atoms with Gasteiger partial charge in [-0.25, -0.2) is 4.99 Å². The van der Waals surface area contributed by atoms with E-state index in [1.54, 1.807) is 0 Å². The number of aliphatic imine (C=N–C) groups is 1. The Balaban J connectivity index is 2.21. The summed E-state index contributed by atoms with van der Waals surface area (Å²) in [5, 5.41) is 3.29. The van der Waals surface area contributed by atoms with Gasteiger partial charge in [-0.1, -0.05) is 24.3 Å². The molecule has 2 aromatic carbocycles. The number of hydrogen-bond acceptors (Lipinski definition) is 3. The third-order valence-electron chi connectivity index (χ3n) is 3.02. The predicted octanol–water partition coefficient (Wildman–Crippen LogP) is 5.03. The Morgan fingerprint density at radius 2 is 1.70 bits per heavy atom. The fourth-order valence-electron chi connectivity index (χ4n) is 2.16. The van der Waals surface area contributed by atoms with Crippen molar-refractivity contribution in [3.63, 3.8) is 0 Å². The zero-order valence-electron chi connectivity index (χ0n) is 14.2. The molecule has 0 spiro atoms. The van der Waals surface area contributed by atoms with Gasteiger partial charge >= 0.3 is 0 Å². The summed E-state index contributed by atoms with van der Waals surface area (Å²) in [5.41, 5.74) is 1.71. The molecule has 2 aromatic rings. The Bertz CT molecular complexity index is 666. The summed E-state index contributed by atoms with van der Waals surface area (Å²) in [4.78, 5) is 4.63. The minimum atomic E-state index is 0.110. The molecule has 4 heteroatoms. The summed E-state index contributed by atoms with van der Waals surface area (Å²) in [7, 11) is 0. The topological polar surface area (TPSA) is 42.8 Å². The van der Waals surface area contributed by atoms with Gasteiger partial charge in [0.2, 0.25) is 0 Å². The number of anilines is 1. The summed E-state index contributed by atoms with van der Waals surface area (Å²) in [6.07, 6.45) is 0.110. The first-order valence-electron chi connectivity index (χ1n) is 7.90. The van der Waals surface area contributed by atoms with Crippen LogP contribution in [0.5, 0.6) is 11.5 Å². The first-order chi connectivity index (χ1) is 11.1. The SMILES string of the molecule is CCOc1ccccc1NC(C)=Nc1ccccc1OC(C)C. The van der Waals surface area contributed by atoms with Crippen LogP contribution in [0.25, 0.3) is 0 Å². The van der Waals surface area contributed by atoms with Crippen LogP contribution in [-0.2, 0) is 0 Å². The smallest absolute Gasteiger partial charge is 0.145 e. The molecule has 4 nitrogen and oxygen atoms in total. The van der Waals surface area contributed by atoms with Gasteiger partial charge < -0.3 is 14.8 Å². The van der Waals surface area contributed by atoms with E-state index >= 15 is 0 Å². The highest BCUT2D eigenvalue weighted by molar-refractivity contribution is 5.96. The van der Waals surface area contributed by atoms with E-state index in [0.717, 1.165) is 28.7 Å². The van der Waals surface area contributed by atoms with Gasteiger partial charge in [-0.3, -0.25) is 0 Å². The van der Waals surface area contributed by atoms with Crippen LogP contribution in [0.1, 0.15) is 27.7 Å².